The molecule has 152 valence electrons. The Morgan fingerprint density at radius 2 is 1.93 bits per heavy atom. The van der Waals surface area contributed by atoms with Crippen LogP contribution in [0, 0.1) is 5.82 Å². The van der Waals surface area contributed by atoms with E-state index < -0.39 is 21.9 Å². The number of ether oxygens (including phenoxy) is 2. The van der Waals surface area contributed by atoms with Crippen molar-refractivity contribution < 1.29 is 31.3 Å². The second-order valence-electron chi connectivity index (χ2n) is 5.89. The molecule has 10 heteroatoms. The number of esters is 1. The topological polar surface area (TPSA) is 91.3 Å². The van der Waals surface area contributed by atoms with Crippen molar-refractivity contribution in [3.05, 3.63) is 64.1 Å². The molecule has 0 bridgehead atoms. The van der Waals surface area contributed by atoms with Crippen molar-refractivity contribution in [1.82, 2.24) is 0 Å². The lowest BCUT2D eigenvalue weighted by Gasteiger charge is -2.12. The van der Waals surface area contributed by atoms with Crippen LogP contribution in [0.5, 0.6) is 11.5 Å². The predicted octanol–water partition coefficient (Wildman–Crippen LogP) is 3.56. The average Bonchev–Trinajstić information content (AvgIpc) is 2.98. The molecule has 0 fully saturated rings. The van der Waals surface area contributed by atoms with E-state index in [1.807, 2.05) is 0 Å². The first kappa shape index (κ1) is 20.8. The molecule has 0 radical (unpaired) electrons. The van der Waals surface area contributed by atoms with Crippen LogP contribution in [-0.2, 0) is 19.6 Å². The van der Waals surface area contributed by atoms with Crippen LogP contribution in [0.1, 0.15) is 18.1 Å². The second kappa shape index (κ2) is 8.22. The number of halogens is 2. The van der Waals surface area contributed by atoms with Crippen molar-refractivity contribution in [2.75, 3.05) is 12.9 Å². The summed E-state index contributed by atoms with van der Waals surface area (Å²) in [4.78, 5) is 16.3. The molecular formula is C19H15ClFNO6S. The molecule has 0 saturated heterocycles. The van der Waals surface area contributed by atoms with Crippen LogP contribution in [0.4, 0.5) is 4.39 Å². The summed E-state index contributed by atoms with van der Waals surface area (Å²) in [5.41, 5.74) is 0.836. The molecule has 7 nitrogen and oxygen atoms in total. The average molecular weight is 440 g/mol. The fourth-order valence-corrected chi connectivity index (χ4v) is 3.23. The minimum Gasteiger partial charge on any atom is -0.490 e. The number of benzene rings is 2. The molecule has 2 aromatic carbocycles. The first-order valence-electron chi connectivity index (χ1n) is 8.30. The molecule has 1 aliphatic heterocycles. The van der Waals surface area contributed by atoms with Crippen molar-refractivity contribution in [2.45, 2.75) is 6.92 Å². The third-order valence-electron chi connectivity index (χ3n) is 3.58. The summed E-state index contributed by atoms with van der Waals surface area (Å²) in [5.74, 6) is -1.15. The molecule has 0 N–H and O–H groups in total. The lowest BCUT2D eigenvalue weighted by molar-refractivity contribution is -0.129. The van der Waals surface area contributed by atoms with Gasteiger partial charge in [0.1, 0.15) is 5.82 Å². The molecule has 1 heterocycles. The highest BCUT2D eigenvalue weighted by atomic mass is 35.5. The van der Waals surface area contributed by atoms with E-state index in [4.69, 9.17) is 25.3 Å². The van der Waals surface area contributed by atoms with Gasteiger partial charge in [0, 0.05) is 5.56 Å². The summed E-state index contributed by atoms with van der Waals surface area (Å²) in [6, 6.07) is 8.18. The number of hydrogen-bond acceptors (Lipinski definition) is 7. The molecule has 0 atom stereocenters. The quantitative estimate of drug-likeness (QED) is 0.388. The third-order valence-corrected chi connectivity index (χ3v) is 4.33. The fourth-order valence-electron chi connectivity index (χ4n) is 2.45. The van der Waals surface area contributed by atoms with E-state index in [0.29, 0.717) is 11.1 Å². The maximum absolute atomic E-state index is 13.1. The number of cyclic esters (lactones) is 1. The Kier molecular flexibility index (Phi) is 5.90. The van der Waals surface area contributed by atoms with Crippen molar-refractivity contribution in [3.63, 3.8) is 0 Å². The van der Waals surface area contributed by atoms with Gasteiger partial charge >= 0.3 is 16.1 Å². The van der Waals surface area contributed by atoms with E-state index in [2.05, 4.69) is 4.99 Å². The van der Waals surface area contributed by atoms with Gasteiger partial charge in [-0.15, -0.1) is 0 Å². The monoisotopic (exact) mass is 439 g/mol. The van der Waals surface area contributed by atoms with E-state index in [-0.39, 0.29) is 34.7 Å². The molecule has 0 unspecified atom stereocenters. The fraction of sp³-hybridized carbons (Fsp3) is 0.158. The summed E-state index contributed by atoms with van der Waals surface area (Å²) in [7, 11) is -3.83. The van der Waals surface area contributed by atoms with Crippen LogP contribution in [-0.4, -0.2) is 33.1 Å². The molecule has 3 rings (SSSR count). The van der Waals surface area contributed by atoms with Gasteiger partial charge < -0.3 is 13.7 Å². The van der Waals surface area contributed by atoms with Crippen LogP contribution in [0.2, 0.25) is 5.02 Å². The summed E-state index contributed by atoms with van der Waals surface area (Å²) in [6.45, 7) is 1.93. The maximum Gasteiger partial charge on any atom is 0.363 e. The summed E-state index contributed by atoms with van der Waals surface area (Å²) >= 11 is 6.15. The van der Waals surface area contributed by atoms with Gasteiger partial charge in [0.25, 0.3) is 0 Å². The lowest BCUT2D eigenvalue weighted by Crippen LogP contribution is -2.08. The number of carbonyl (C=O) groups excluding carboxylic acids is 1. The molecule has 1 aliphatic rings. The SMILES string of the molecule is CCOc1cc(/C=C2/N=C(c3ccc(F)cc3)OC2=O)cc(Cl)c1OS(C)(=O)=O. The highest BCUT2D eigenvalue weighted by Gasteiger charge is 2.25. The Balaban J connectivity index is 1.98. The van der Waals surface area contributed by atoms with E-state index in [1.165, 1.54) is 42.5 Å². The molecule has 0 aliphatic carbocycles. The van der Waals surface area contributed by atoms with Gasteiger partial charge in [-0.05, 0) is 55.0 Å². The standard InChI is InChI=1S/C19H15ClFNO6S/c1-3-26-16-10-11(8-14(20)17(16)28-29(2,24)25)9-15-19(23)27-18(22-15)12-4-6-13(21)7-5-12/h4-10H,3H2,1-2H3/b15-9+. The second-order valence-corrected chi connectivity index (χ2v) is 7.88. The van der Waals surface area contributed by atoms with Gasteiger partial charge in [-0.25, -0.2) is 14.2 Å². The van der Waals surface area contributed by atoms with Gasteiger partial charge in [0.2, 0.25) is 11.6 Å². The zero-order chi connectivity index (χ0) is 21.2. The van der Waals surface area contributed by atoms with Gasteiger partial charge in [-0.1, -0.05) is 11.6 Å². The largest absolute Gasteiger partial charge is 0.490 e. The molecular weight excluding hydrogens is 425 g/mol. The Bertz CT molecular complexity index is 1130. The Morgan fingerprint density at radius 3 is 2.55 bits per heavy atom. The Labute approximate surface area is 171 Å². The van der Waals surface area contributed by atoms with Crippen molar-refractivity contribution >= 4 is 39.7 Å². The maximum atomic E-state index is 13.1. The van der Waals surface area contributed by atoms with Gasteiger partial charge in [-0.2, -0.15) is 8.42 Å². The zero-order valence-corrected chi connectivity index (χ0v) is 16.9. The molecule has 0 aromatic heterocycles. The summed E-state index contributed by atoms with van der Waals surface area (Å²) < 4.78 is 51.4. The zero-order valence-electron chi connectivity index (χ0n) is 15.3. The molecule has 29 heavy (non-hydrogen) atoms. The lowest BCUT2D eigenvalue weighted by atomic mass is 10.1. The minimum atomic E-state index is -3.83. The Morgan fingerprint density at radius 1 is 1.24 bits per heavy atom. The summed E-state index contributed by atoms with van der Waals surface area (Å²) in [6.07, 6.45) is 2.28. The Hall–Kier alpha value is -2.91. The normalized spacial score (nSPS) is 15.2. The van der Waals surface area contributed by atoms with Crippen molar-refractivity contribution in [1.29, 1.82) is 0 Å². The van der Waals surface area contributed by atoms with E-state index >= 15 is 0 Å². The number of nitrogens with zero attached hydrogens (tertiary/aromatic N) is 1. The van der Waals surface area contributed by atoms with Gasteiger partial charge in [0.15, 0.2) is 11.4 Å². The first-order valence-corrected chi connectivity index (χ1v) is 10.5. The van der Waals surface area contributed by atoms with Gasteiger partial charge in [0.05, 0.1) is 17.9 Å². The van der Waals surface area contributed by atoms with Crippen molar-refractivity contribution in [2.24, 2.45) is 4.99 Å². The number of rotatable bonds is 6. The minimum absolute atomic E-state index is 0.0142. The number of hydrogen-bond donors (Lipinski definition) is 0. The number of aliphatic imine (C=N–C) groups is 1. The van der Waals surface area contributed by atoms with Gasteiger partial charge in [-0.3, -0.25) is 0 Å². The molecule has 0 saturated carbocycles. The van der Waals surface area contributed by atoms with E-state index in [9.17, 15) is 17.6 Å². The van der Waals surface area contributed by atoms with E-state index in [0.717, 1.165) is 6.26 Å². The smallest absolute Gasteiger partial charge is 0.363 e. The highest BCUT2D eigenvalue weighted by Crippen LogP contribution is 2.38. The molecule has 2 aromatic rings. The van der Waals surface area contributed by atoms with E-state index in [1.54, 1.807) is 6.92 Å². The molecule has 0 amide bonds. The van der Waals surface area contributed by atoms with Crippen LogP contribution in [0.25, 0.3) is 6.08 Å². The predicted molar refractivity (Wildman–Crippen MR) is 105 cm³/mol. The van der Waals surface area contributed by atoms with Crippen molar-refractivity contribution in [3.8, 4) is 11.5 Å². The highest BCUT2D eigenvalue weighted by molar-refractivity contribution is 7.86. The molecule has 0 spiro atoms. The number of carbonyl (C=O) groups is 1. The first-order chi connectivity index (χ1) is 13.7. The van der Waals surface area contributed by atoms with Crippen LogP contribution in [0.3, 0.4) is 0 Å². The van der Waals surface area contributed by atoms with Crippen LogP contribution >= 0.6 is 11.6 Å². The third kappa shape index (κ3) is 5.12. The van der Waals surface area contributed by atoms with Crippen LogP contribution < -0.4 is 8.92 Å². The van der Waals surface area contributed by atoms with Crippen LogP contribution in [0.15, 0.2) is 47.1 Å². The summed E-state index contributed by atoms with van der Waals surface area (Å²) in [5, 5.41) is -0.0256.